The summed E-state index contributed by atoms with van der Waals surface area (Å²) in [6.45, 7) is 3.97. The lowest BCUT2D eigenvalue weighted by Crippen LogP contribution is -2.49. The Labute approximate surface area is 66.2 Å². The van der Waals surface area contributed by atoms with Crippen LogP contribution in [0.25, 0.3) is 0 Å². The van der Waals surface area contributed by atoms with Gasteiger partial charge in [0.1, 0.15) is 0 Å². The molecule has 0 bridgehead atoms. The standard InChI is InChI=1S/C8H15F2N/c1-5(2)11-7-4-3-6(7)8(9)10/h5-8,11H,3-4H2,1-2H3/t6-,7-/m0/s1. The van der Waals surface area contributed by atoms with Crippen molar-refractivity contribution in [3.8, 4) is 0 Å². The Bertz CT molecular complexity index is 125. The summed E-state index contributed by atoms with van der Waals surface area (Å²) in [6, 6.07) is 0.386. The van der Waals surface area contributed by atoms with Crippen LogP contribution in [0.4, 0.5) is 8.78 Å². The molecule has 0 heterocycles. The van der Waals surface area contributed by atoms with E-state index in [0.29, 0.717) is 12.5 Å². The Hall–Kier alpha value is -0.180. The molecule has 0 amide bonds. The fourth-order valence-corrected chi connectivity index (χ4v) is 1.46. The molecule has 0 spiro atoms. The predicted molar refractivity (Wildman–Crippen MR) is 40.8 cm³/mol. The van der Waals surface area contributed by atoms with Gasteiger partial charge in [0.05, 0.1) is 0 Å². The highest BCUT2D eigenvalue weighted by Gasteiger charge is 2.37. The lowest BCUT2D eigenvalue weighted by molar-refractivity contribution is 0.00510. The number of rotatable bonds is 3. The lowest BCUT2D eigenvalue weighted by Gasteiger charge is -2.37. The van der Waals surface area contributed by atoms with E-state index >= 15 is 0 Å². The SMILES string of the molecule is CC(C)N[C@H]1CC[C@@H]1C(F)F. The molecular formula is C8H15F2N. The van der Waals surface area contributed by atoms with Gasteiger partial charge in [-0.05, 0) is 12.8 Å². The molecule has 1 aliphatic carbocycles. The van der Waals surface area contributed by atoms with Crippen LogP contribution in [-0.2, 0) is 0 Å². The molecule has 1 saturated carbocycles. The van der Waals surface area contributed by atoms with Gasteiger partial charge in [0, 0.05) is 18.0 Å². The van der Waals surface area contributed by atoms with Gasteiger partial charge in [0.25, 0.3) is 0 Å². The van der Waals surface area contributed by atoms with Crippen LogP contribution in [0.3, 0.4) is 0 Å². The quantitative estimate of drug-likeness (QED) is 0.671. The third-order valence-electron chi connectivity index (χ3n) is 2.20. The van der Waals surface area contributed by atoms with Crippen molar-refractivity contribution in [2.75, 3.05) is 0 Å². The maximum Gasteiger partial charge on any atom is 0.242 e. The van der Waals surface area contributed by atoms with Crippen LogP contribution in [-0.4, -0.2) is 18.5 Å². The summed E-state index contributed by atoms with van der Waals surface area (Å²) in [5, 5.41) is 3.13. The normalized spacial score (nSPS) is 31.1. The second-order valence-electron chi connectivity index (χ2n) is 3.50. The maximum absolute atomic E-state index is 12.1. The molecule has 0 radical (unpaired) electrons. The van der Waals surface area contributed by atoms with E-state index in [1.165, 1.54) is 0 Å². The van der Waals surface area contributed by atoms with Crippen molar-refractivity contribution in [3.63, 3.8) is 0 Å². The van der Waals surface area contributed by atoms with E-state index in [4.69, 9.17) is 0 Å². The first-order valence-corrected chi connectivity index (χ1v) is 4.15. The van der Waals surface area contributed by atoms with Crippen LogP contribution in [0.15, 0.2) is 0 Å². The number of hydrogen-bond acceptors (Lipinski definition) is 1. The second kappa shape index (κ2) is 3.48. The first-order chi connectivity index (χ1) is 5.11. The Morgan fingerprint density at radius 3 is 2.18 bits per heavy atom. The topological polar surface area (TPSA) is 12.0 Å². The van der Waals surface area contributed by atoms with Gasteiger partial charge < -0.3 is 5.32 Å². The zero-order valence-electron chi connectivity index (χ0n) is 6.98. The Morgan fingerprint density at radius 1 is 1.27 bits per heavy atom. The fourth-order valence-electron chi connectivity index (χ4n) is 1.46. The van der Waals surface area contributed by atoms with Gasteiger partial charge >= 0.3 is 0 Å². The van der Waals surface area contributed by atoms with Crippen molar-refractivity contribution < 1.29 is 8.78 Å². The third-order valence-corrected chi connectivity index (χ3v) is 2.20. The first kappa shape index (κ1) is 8.91. The minimum atomic E-state index is -2.14. The molecule has 0 aromatic carbocycles. The van der Waals surface area contributed by atoms with Crippen molar-refractivity contribution in [2.24, 2.45) is 5.92 Å². The number of halogens is 2. The monoisotopic (exact) mass is 163 g/mol. The van der Waals surface area contributed by atoms with Crippen molar-refractivity contribution in [1.82, 2.24) is 5.32 Å². The van der Waals surface area contributed by atoms with E-state index in [1.807, 2.05) is 13.8 Å². The maximum atomic E-state index is 12.1. The smallest absolute Gasteiger partial charge is 0.242 e. The Balaban J connectivity index is 2.26. The first-order valence-electron chi connectivity index (χ1n) is 4.15. The summed E-state index contributed by atoms with van der Waals surface area (Å²) in [6.07, 6.45) is -0.546. The van der Waals surface area contributed by atoms with Gasteiger partial charge in [0.15, 0.2) is 0 Å². The van der Waals surface area contributed by atoms with Gasteiger partial charge in [-0.2, -0.15) is 0 Å². The predicted octanol–water partition coefficient (Wildman–Crippen LogP) is 2.03. The minimum Gasteiger partial charge on any atom is -0.311 e. The number of hydrogen-bond donors (Lipinski definition) is 1. The van der Waals surface area contributed by atoms with E-state index in [0.717, 1.165) is 6.42 Å². The molecule has 0 aliphatic heterocycles. The molecule has 0 saturated heterocycles. The summed E-state index contributed by atoms with van der Waals surface area (Å²) in [5.41, 5.74) is 0. The van der Waals surface area contributed by atoms with Gasteiger partial charge in [-0.3, -0.25) is 0 Å². The van der Waals surface area contributed by atoms with E-state index in [9.17, 15) is 8.78 Å². The van der Waals surface area contributed by atoms with E-state index in [2.05, 4.69) is 5.32 Å². The van der Waals surface area contributed by atoms with E-state index in [-0.39, 0.29) is 6.04 Å². The largest absolute Gasteiger partial charge is 0.311 e. The van der Waals surface area contributed by atoms with Crippen molar-refractivity contribution in [3.05, 3.63) is 0 Å². The zero-order chi connectivity index (χ0) is 8.43. The summed E-state index contributed by atoms with van der Waals surface area (Å²) in [7, 11) is 0. The molecule has 0 aromatic rings. The minimum absolute atomic E-state index is 0.0648. The molecule has 0 aromatic heterocycles. The van der Waals surface area contributed by atoms with Crippen molar-refractivity contribution >= 4 is 0 Å². The Morgan fingerprint density at radius 2 is 1.91 bits per heavy atom. The van der Waals surface area contributed by atoms with E-state index < -0.39 is 12.3 Å². The average molecular weight is 163 g/mol. The van der Waals surface area contributed by atoms with Gasteiger partial charge in [-0.15, -0.1) is 0 Å². The molecule has 1 fully saturated rings. The summed E-state index contributed by atoms with van der Waals surface area (Å²) >= 11 is 0. The zero-order valence-corrected chi connectivity index (χ0v) is 6.98. The highest BCUT2D eigenvalue weighted by molar-refractivity contribution is 4.88. The highest BCUT2D eigenvalue weighted by Crippen LogP contribution is 2.32. The molecule has 1 aliphatic rings. The van der Waals surface area contributed by atoms with E-state index in [1.54, 1.807) is 0 Å². The number of alkyl halides is 2. The Kier molecular flexibility index (Phi) is 2.82. The average Bonchev–Trinajstić information content (AvgIpc) is 1.78. The van der Waals surface area contributed by atoms with Crippen LogP contribution < -0.4 is 5.32 Å². The van der Waals surface area contributed by atoms with Crippen LogP contribution in [0.5, 0.6) is 0 Å². The molecule has 11 heavy (non-hydrogen) atoms. The third kappa shape index (κ3) is 2.12. The van der Waals surface area contributed by atoms with Gasteiger partial charge in [0.2, 0.25) is 6.43 Å². The van der Waals surface area contributed by atoms with Crippen LogP contribution in [0.2, 0.25) is 0 Å². The highest BCUT2D eigenvalue weighted by atomic mass is 19.3. The second-order valence-corrected chi connectivity index (χ2v) is 3.50. The molecule has 0 unspecified atom stereocenters. The molecule has 1 nitrogen and oxygen atoms in total. The lowest BCUT2D eigenvalue weighted by atomic mass is 9.79. The number of nitrogens with one attached hydrogen (secondary N) is 1. The summed E-state index contributed by atoms with van der Waals surface area (Å²) in [4.78, 5) is 0. The van der Waals surface area contributed by atoms with Crippen LogP contribution in [0, 0.1) is 5.92 Å². The van der Waals surface area contributed by atoms with Crippen molar-refractivity contribution in [2.45, 2.75) is 45.2 Å². The molecule has 2 atom stereocenters. The van der Waals surface area contributed by atoms with Gasteiger partial charge in [-0.25, -0.2) is 8.78 Å². The fraction of sp³-hybridized carbons (Fsp3) is 1.00. The molecule has 1 N–H and O–H groups in total. The molecule has 3 heteroatoms. The van der Waals surface area contributed by atoms with Crippen LogP contribution in [0.1, 0.15) is 26.7 Å². The molecular weight excluding hydrogens is 148 g/mol. The summed E-state index contributed by atoms with van der Waals surface area (Å²) < 4.78 is 24.3. The molecule has 66 valence electrons. The summed E-state index contributed by atoms with van der Waals surface area (Å²) in [5.74, 6) is -0.391. The van der Waals surface area contributed by atoms with Crippen molar-refractivity contribution in [1.29, 1.82) is 0 Å². The van der Waals surface area contributed by atoms with Crippen LogP contribution >= 0.6 is 0 Å². The molecule has 1 rings (SSSR count). The van der Waals surface area contributed by atoms with Gasteiger partial charge in [-0.1, -0.05) is 13.8 Å².